The Bertz CT molecular complexity index is 1040. The summed E-state index contributed by atoms with van der Waals surface area (Å²) in [7, 11) is 0. The number of rotatable bonds is 3. The first kappa shape index (κ1) is 18.4. The first-order chi connectivity index (χ1) is 13.5. The van der Waals surface area contributed by atoms with Crippen LogP contribution in [0.15, 0.2) is 24.3 Å². The Morgan fingerprint density at radius 2 is 2.07 bits per heavy atom. The van der Waals surface area contributed by atoms with Gasteiger partial charge in [-0.05, 0) is 43.9 Å². The van der Waals surface area contributed by atoms with Gasteiger partial charge in [0, 0.05) is 30.4 Å². The van der Waals surface area contributed by atoms with Gasteiger partial charge in [0.1, 0.15) is 11.6 Å². The second-order valence-corrected chi connectivity index (χ2v) is 7.41. The summed E-state index contributed by atoms with van der Waals surface area (Å²) in [5.41, 5.74) is 2.16. The predicted molar refractivity (Wildman–Crippen MR) is 105 cm³/mol. The molecule has 1 aromatic carbocycles. The van der Waals surface area contributed by atoms with Gasteiger partial charge in [0.15, 0.2) is 5.65 Å². The molecule has 1 fully saturated rings. The summed E-state index contributed by atoms with van der Waals surface area (Å²) in [6.45, 7) is 5.47. The van der Waals surface area contributed by atoms with Gasteiger partial charge >= 0.3 is 0 Å². The van der Waals surface area contributed by atoms with Crippen molar-refractivity contribution in [3.63, 3.8) is 0 Å². The molecule has 0 unspecified atom stereocenters. The number of fused-ring (bicyclic) bond motifs is 1. The Balaban J connectivity index is 1.78. The van der Waals surface area contributed by atoms with Crippen LogP contribution in [-0.2, 0) is 0 Å². The van der Waals surface area contributed by atoms with E-state index in [0.29, 0.717) is 28.2 Å². The van der Waals surface area contributed by atoms with Crippen molar-refractivity contribution in [2.45, 2.75) is 33.1 Å². The van der Waals surface area contributed by atoms with E-state index < -0.39 is 5.82 Å². The van der Waals surface area contributed by atoms with Crippen LogP contribution in [0.3, 0.4) is 0 Å². The number of carbonyl (C=O) groups is 1. The lowest BCUT2D eigenvalue weighted by atomic mass is 9.94. The molecule has 28 heavy (non-hydrogen) atoms. The number of piperidine rings is 1. The third-order valence-corrected chi connectivity index (χ3v) is 5.64. The monoisotopic (exact) mass is 382 g/mol. The molecule has 4 rings (SSSR count). The summed E-state index contributed by atoms with van der Waals surface area (Å²) < 4.78 is 14.4. The Morgan fingerprint density at radius 3 is 2.75 bits per heavy atom. The second kappa shape index (κ2) is 7.22. The molecule has 1 amide bonds. The number of phenolic OH excluding ortho intramolecular Hbond substituents is 1. The highest BCUT2D eigenvalue weighted by molar-refractivity contribution is 6.07. The second-order valence-electron chi connectivity index (χ2n) is 7.41. The van der Waals surface area contributed by atoms with Crippen molar-refractivity contribution in [1.29, 1.82) is 0 Å². The first-order valence-corrected chi connectivity index (χ1v) is 9.61. The fourth-order valence-electron chi connectivity index (χ4n) is 3.91. The molecule has 3 heterocycles. The number of hydrogen-bond donors (Lipinski definition) is 2. The molecule has 1 aliphatic heterocycles. The standard InChI is InChI=1S/C21H23FN4O2/c1-3-13-6-8-26(9-7-13)21(28)16-11-18(15-5-4-14(27)10-17(15)22)23-20-19(16)12(2)24-25-20/h4-5,10-11,13,27H,3,6-9H2,1-2H3,(H,23,24,25). The molecule has 0 aliphatic carbocycles. The number of hydrogen-bond acceptors (Lipinski definition) is 4. The highest BCUT2D eigenvalue weighted by atomic mass is 19.1. The number of carbonyl (C=O) groups excluding carboxylic acids is 1. The van der Waals surface area contributed by atoms with Gasteiger partial charge in [0.05, 0.1) is 16.6 Å². The molecule has 2 aromatic heterocycles. The molecule has 0 bridgehead atoms. The zero-order valence-corrected chi connectivity index (χ0v) is 16.0. The molecule has 0 saturated carbocycles. The third-order valence-electron chi connectivity index (χ3n) is 5.64. The molecule has 6 nitrogen and oxygen atoms in total. The number of aromatic amines is 1. The maximum Gasteiger partial charge on any atom is 0.254 e. The van der Waals surface area contributed by atoms with Crippen molar-refractivity contribution in [2.24, 2.45) is 5.92 Å². The van der Waals surface area contributed by atoms with E-state index in [9.17, 15) is 14.3 Å². The van der Waals surface area contributed by atoms with Gasteiger partial charge in [-0.2, -0.15) is 5.10 Å². The van der Waals surface area contributed by atoms with Gasteiger partial charge in [-0.25, -0.2) is 9.37 Å². The van der Waals surface area contributed by atoms with E-state index in [1.54, 1.807) is 6.07 Å². The van der Waals surface area contributed by atoms with Crippen LogP contribution in [0, 0.1) is 18.7 Å². The van der Waals surface area contributed by atoms with Crippen LogP contribution in [0.5, 0.6) is 5.75 Å². The summed E-state index contributed by atoms with van der Waals surface area (Å²) in [6, 6.07) is 5.53. The Hall–Kier alpha value is -2.96. The van der Waals surface area contributed by atoms with E-state index in [1.807, 2.05) is 11.8 Å². The quantitative estimate of drug-likeness (QED) is 0.716. The van der Waals surface area contributed by atoms with E-state index >= 15 is 0 Å². The predicted octanol–water partition coefficient (Wildman–Crippen LogP) is 4.04. The molecule has 3 aromatic rings. The summed E-state index contributed by atoms with van der Waals surface area (Å²) in [5, 5.41) is 17.2. The fourth-order valence-corrected chi connectivity index (χ4v) is 3.91. The van der Waals surface area contributed by atoms with E-state index in [2.05, 4.69) is 22.1 Å². The van der Waals surface area contributed by atoms with Crippen LogP contribution in [0.1, 0.15) is 42.2 Å². The number of amides is 1. The lowest BCUT2D eigenvalue weighted by Crippen LogP contribution is -2.38. The van der Waals surface area contributed by atoms with Gasteiger partial charge in [0.25, 0.3) is 5.91 Å². The Kier molecular flexibility index (Phi) is 4.75. The zero-order chi connectivity index (χ0) is 19.8. The normalized spacial score (nSPS) is 15.3. The van der Waals surface area contributed by atoms with Crippen molar-refractivity contribution in [1.82, 2.24) is 20.1 Å². The number of pyridine rings is 1. The fraction of sp³-hybridized carbons (Fsp3) is 0.381. The lowest BCUT2D eigenvalue weighted by molar-refractivity contribution is 0.0690. The lowest BCUT2D eigenvalue weighted by Gasteiger charge is -2.31. The molecule has 0 atom stereocenters. The van der Waals surface area contributed by atoms with Crippen molar-refractivity contribution in [3.8, 4) is 17.0 Å². The van der Waals surface area contributed by atoms with E-state index in [1.165, 1.54) is 12.1 Å². The van der Waals surface area contributed by atoms with Gasteiger partial charge in [-0.3, -0.25) is 9.89 Å². The minimum atomic E-state index is -0.596. The number of halogens is 1. The van der Waals surface area contributed by atoms with E-state index in [-0.39, 0.29) is 17.2 Å². The van der Waals surface area contributed by atoms with Crippen LogP contribution in [0.4, 0.5) is 4.39 Å². The van der Waals surface area contributed by atoms with Crippen molar-refractivity contribution >= 4 is 16.9 Å². The van der Waals surface area contributed by atoms with Crippen molar-refractivity contribution in [3.05, 3.63) is 41.3 Å². The SMILES string of the molecule is CCC1CCN(C(=O)c2cc(-c3ccc(O)cc3F)nc3n[nH]c(C)c23)CC1. The number of likely N-dealkylation sites (tertiary alicyclic amines) is 1. The summed E-state index contributed by atoms with van der Waals surface area (Å²) >= 11 is 0. The van der Waals surface area contributed by atoms with Crippen molar-refractivity contribution < 1.29 is 14.3 Å². The Morgan fingerprint density at radius 1 is 1.32 bits per heavy atom. The highest BCUT2D eigenvalue weighted by Crippen LogP contribution is 2.30. The number of nitrogens with zero attached hydrogens (tertiary/aromatic N) is 3. The van der Waals surface area contributed by atoms with Crippen LogP contribution in [-0.4, -0.2) is 44.2 Å². The van der Waals surface area contributed by atoms with Gasteiger partial charge in [-0.1, -0.05) is 13.3 Å². The number of aromatic nitrogens is 3. The minimum Gasteiger partial charge on any atom is -0.508 e. The van der Waals surface area contributed by atoms with Crippen LogP contribution in [0.25, 0.3) is 22.3 Å². The maximum atomic E-state index is 14.4. The van der Waals surface area contributed by atoms with Gasteiger partial charge < -0.3 is 10.0 Å². The third kappa shape index (κ3) is 3.21. The zero-order valence-electron chi connectivity index (χ0n) is 16.0. The Labute approximate surface area is 162 Å². The topological polar surface area (TPSA) is 82.1 Å². The molecular formula is C21H23FN4O2. The number of aryl methyl sites for hydroxylation is 1. The number of H-pyrrole nitrogens is 1. The van der Waals surface area contributed by atoms with Crippen LogP contribution < -0.4 is 0 Å². The van der Waals surface area contributed by atoms with Crippen LogP contribution in [0.2, 0.25) is 0 Å². The number of phenols is 1. The van der Waals surface area contributed by atoms with Crippen LogP contribution >= 0.6 is 0 Å². The molecular weight excluding hydrogens is 359 g/mol. The maximum absolute atomic E-state index is 14.4. The average Bonchev–Trinajstić information content (AvgIpc) is 3.08. The minimum absolute atomic E-state index is 0.0770. The smallest absolute Gasteiger partial charge is 0.254 e. The van der Waals surface area contributed by atoms with Gasteiger partial charge in [-0.15, -0.1) is 0 Å². The summed E-state index contributed by atoms with van der Waals surface area (Å²) in [5.74, 6) is -0.167. The molecule has 2 N–H and O–H groups in total. The van der Waals surface area contributed by atoms with E-state index in [4.69, 9.17) is 0 Å². The van der Waals surface area contributed by atoms with Gasteiger partial charge in [0.2, 0.25) is 0 Å². The molecule has 146 valence electrons. The summed E-state index contributed by atoms with van der Waals surface area (Å²) in [4.78, 5) is 19.6. The number of aromatic hydroxyl groups is 1. The number of nitrogens with one attached hydrogen (secondary N) is 1. The molecule has 7 heteroatoms. The first-order valence-electron chi connectivity index (χ1n) is 9.61. The molecule has 1 saturated heterocycles. The highest BCUT2D eigenvalue weighted by Gasteiger charge is 2.26. The summed E-state index contributed by atoms with van der Waals surface area (Å²) in [6.07, 6.45) is 3.13. The largest absolute Gasteiger partial charge is 0.508 e. The van der Waals surface area contributed by atoms with E-state index in [0.717, 1.165) is 44.1 Å². The molecule has 0 radical (unpaired) electrons. The average molecular weight is 382 g/mol. The number of benzene rings is 1. The molecule has 1 aliphatic rings. The van der Waals surface area contributed by atoms with Crippen molar-refractivity contribution in [2.75, 3.05) is 13.1 Å². The molecule has 0 spiro atoms.